The van der Waals surface area contributed by atoms with E-state index in [1.54, 1.807) is 23.1 Å². The summed E-state index contributed by atoms with van der Waals surface area (Å²) in [5.74, 6) is 1.00. The number of halogens is 1. The number of carbonyl (C=O) groups excluding carboxylic acids is 1. The molecule has 3 aromatic rings. The largest absolute Gasteiger partial charge is 0.337 e. The molecule has 1 fully saturated rings. The van der Waals surface area contributed by atoms with Gasteiger partial charge in [0.15, 0.2) is 0 Å². The van der Waals surface area contributed by atoms with Crippen molar-refractivity contribution >= 4 is 23.3 Å². The molecule has 0 bridgehead atoms. The maximum absolute atomic E-state index is 12.8. The Labute approximate surface area is 162 Å². The van der Waals surface area contributed by atoms with Crippen molar-refractivity contribution in [3.05, 3.63) is 65.5 Å². The second kappa shape index (κ2) is 7.80. The molecule has 0 saturated carbocycles. The van der Waals surface area contributed by atoms with Gasteiger partial charge in [0.2, 0.25) is 11.7 Å². The first-order valence-electron chi connectivity index (χ1n) is 8.93. The van der Waals surface area contributed by atoms with E-state index in [1.807, 2.05) is 36.4 Å². The second-order valence-electron chi connectivity index (χ2n) is 6.47. The van der Waals surface area contributed by atoms with Gasteiger partial charge in [0.25, 0.3) is 0 Å². The van der Waals surface area contributed by atoms with E-state index >= 15 is 0 Å². The SMILES string of the molecule is O=C(Nc1cccc(Cl)c1)N1CCCCC1c1nc(-c2ccccc2)no1. The molecule has 2 aromatic carbocycles. The minimum absolute atomic E-state index is 0.193. The lowest BCUT2D eigenvalue weighted by Gasteiger charge is -2.33. The number of hydrogen-bond donors (Lipinski definition) is 1. The van der Waals surface area contributed by atoms with Crippen LogP contribution in [0.5, 0.6) is 0 Å². The second-order valence-corrected chi connectivity index (χ2v) is 6.90. The van der Waals surface area contributed by atoms with E-state index in [2.05, 4.69) is 15.5 Å². The van der Waals surface area contributed by atoms with E-state index in [1.165, 1.54) is 0 Å². The maximum Gasteiger partial charge on any atom is 0.322 e. The zero-order chi connectivity index (χ0) is 18.6. The highest BCUT2D eigenvalue weighted by molar-refractivity contribution is 6.30. The number of urea groups is 1. The number of piperidine rings is 1. The summed E-state index contributed by atoms with van der Waals surface area (Å²) in [5, 5.41) is 7.57. The van der Waals surface area contributed by atoms with Crippen LogP contribution in [-0.4, -0.2) is 27.6 Å². The van der Waals surface area contributed by atoms with E-state index in [4.69, 9.17) is 16.1 Å². The molecule has 0 radical (unpaired) electrons. The number of benzene rings is 2. The molecule has 0 aliphatic carbocycles. The zero-order valence-corrected chi connectivity index (χ0v) is 15.4. The van der Waals surface area contributed by atoms with Gasteiger partial charge in [-0.2, -0.15) is 4.98 Å². The number of anilines is 1. The maximum atomic E-state index is 12.8. The highest BCUT2D eigenvalue weighted by Crippen LogP contribution is 2.31. The zero-order valence-electron chi connectivity index (χ0n) is 14.6. The van der Waals surface area contributed by atoms with Crippen LogP contribution in [0, 0.1) is 0 Å². The number of hydrogen-bond acceptors (Lipinski definition) is 4. The first kappa shape index (κ1) is 17.5. The van der Waals surface area contributed by atoms with Crippen molar-refractivity contribution in [3.63, 3.8) is 0 Å². The summed E-state index contributed by atoms with van der Waals surface area (Å²) in [7, 11) is 0. The standard InChI is InChI=1S/C20H19ClN4O2/c21-15-9-6-10-16(13-15)22-20(26)25-12-5-4-11-17(25)19-23-18(24-27-19)14-7-2-1-3-8-14/h1-3,6-10,13,17H,4-5,11-12H2,(H,22,26). The molecule has 6 nitrogen and oxygen atoms in total. The van der Waals surface area contributed by atoms with Gasteiger partial charge in [-0.1, -0.05) is 53.2 Å². The molecule has 1 aromatic heterocycles. The Bertz CT molecular complexity index is 928. The average Bonchev–Trinajstić information content (AvgIpc) is 3.19. The van der Waals surface area contributed by atoms with Crippen LogP contribution in [0.1, 0.15) is 31.2 Å². The normalized spacial score (nSPS) is 16.9. The van der Waals surface area contributed by atoms with E-state index in [9.17, 15) is 4.79 Å². The van der Waals surface area contributed by atoms with E-state index < -0.39 is 0 Å². The molecule has 1 unspecified atom stereocenters. The molecule has 27 heavy (non-hydrogen) atoms. The van der Waals surface area contributed by atoms with Crippen molar-refractivity contribution in [2.45, 2.75) is 25.3 Å². The Hall–Kier alpha value is -2.86. The van der Waals surface area contributed by atoms with Crippen molar-refractivity contribution in [3.8, 4) is 11.4 Å². The Kier molecular flexibility index (Phi) is 5.07. The van der Waals surface area contributed by atoms with Crippen molar-refractivity contribution in [1.29, 1.82) is 0 Å². The van der Waals surface area contributed by atoms with Crippen LogP contribution in [0.25, 0.3) is 11.4 Å². The molecule has 1 N–H and O–H groups in total. The Morgan fingerprint density at radius 1 is 1.15 bits per heavy atom. The summed E-state index contributed by atoms with van der Waals surface area (Å²) in [4.78, 5) is 19.1. The van der Waals surface area contributed by atoms with Crippen LogP contribution in [0.3, 0.4) is 0 Å². The van der Waals surface area contributed by atoms with Gasteiger partial charge < -0.3 is 14.7 Å². The van der Waals surface area contributed by atoms with Crippen LogP contribution in [-0.2, 0) is 0 Å². The number of aromatic nitrogens is 2. The van der Waals surface area contributed by atoms with Crippen molar-refractivity contribution in [2.24, 2.45) is 0 Å². The van der Waals surface area contributed by atoms with Gasteiger partial charge in [-0.3, -0.25) is 0 Å². The van der Waals surface area contributed by atoms with Gasteiger partial charge in [0.05, 0.1) is 0 Å². The molecule has 1 aliphatic heterocycles. The van der Waals surface area contributed by atoms with Crippen molar-refractivity contribution in [2.75, 3.05) is 11.9 Å². The molecule has 1 aliphatic rings. The predicted octanol–water partition coefficient (Wildman–Crippen LogP) is 5.15. The van der Waals surface area contributed by atoms with Crippen LogP contribution in [0.4, 0.5) is 10.5 Å². The highest BCUT2D eigenvalue weighted by Gasteiger charge is 2.32. The summed E-state index contributed by atoms with van der Waals surface area (Å²) in [5.41, 5.74) is 1.55. The lowest BCUT2D eigenvalue weighted by molar-refractivity contribution is 0.142. The highest BCUT2D eigenvalue weighted by atomic mass is 35.5. The fourth-order valence-electron chi connectivity index (χ4n) is 3.27. The molecule has 1 atom stereocenters. The molecule has 7 heteroatoms. The third-order valence-electron chi connectivity index (χ3n) is 4.60. The summed E-state index contributed by atoms with van der Waals surface area (Å²) in [6, 6.07) is 16.3. The first-order chi connectivity index (χ1) is 13.2. The molecule has 4 rings (SSSR count). The lowest BCUT2D eigenvalue weighted by atomic mass is 10.0. The van der Waals surface area contributed by atoms with Crippen molar-refractivity contribution < 1.29 is 9.32 Å². The van der Waals surface area contributed by atoms with Gasteiger partial charge in [0, 0.05) is 22.8 Å². The van der Waals surface area contributed by atoms with E-state index in [0.29, 0.717) is 29.0 Å². The van der Waals surface area contributed by atoms with E-state index in [-0.39, 0.29) is 12.1 Å². The first-order valence-corrected chi connectivity index (χ1v) is 9.31. The number of nitrogens with zero attached hydrogens (tertiary/aromatic N) is 3. The van der Waals surface area contributed by atoms with Gasteiger partial charge in [-0.05, 0) is 37.5 Å². The topological polar surface area (TPSA) is 71.3 Å². The lowest BCUT2D eigenvalue weighted by Crippen LogP contribution is -2.41. The van der Waals surface area contributed by atoms with Crippen LogP contribution in [0.15, 0.2) is 59.1 Å². The molecule has 2 heterocycles. The van der Waals surface area contributed by atoms with Crippen LogP contribution < -0.4 is 5.32 Å². The number of amides is 2. The van der Waals surface area contributed by atoms with E-state index in [0.717, 1.165) is 24.8 Å². The third-order valence-corrected chi connectivity index (χ3v) is 4.83. The Morgan fingerprint density at radius 3 is 2.81 bits per heavy atom. The molecule has 1 saturated heterocycles. The smallest absolute Gasteiger partial charge is 0.322 e. The minimum atomic E-state index is -0.233. The summed E-state index contributed by atoms with van der Waals surface area (Å²) < 4.78 is 5.50. The molecule has 2 amide bonds. The number of rotatable bonds is 3. The van der Waals surface area contributed by atoms with Gasteiger partial charge in [-0.15, -0.1) is 0 Å². The molecular formula is C20H19ClN4O2. The fraction of sp³-hybridized carbons (Fsp3) is 0.250. The van der Waals surface area contributed by atoms with Gasteiger partial charge in [-0.25, -0.2) is 4.79 Å². The summed E-state index contributed by atoms with van der Waals surface area (Å²) in [6.45, 7) is 0.639. The number of nitrogens with one attached hydrogen (secondary N) is 1. The predicted molar refractivity (Wildman–Crippen MR) is 104 cm³/mol. The third kappa shape index (κ3) is 3.95. The Balaban J connectivity index is 1.54. The van der Waals surface area contributed by atoms with Gasteiger partial charge >= 0.3 is 6.03 Å². The monoisotopic (exact) mass is 382 g/mol. The average molecular weight is 383 g/mol. The van der Waals surface area contributed by atoms with Crippen LogP contribution >= 0.6 is 11.6 Å². The van der Waals surface area contributed by atoms with Crippen LogP contribution in [0.2, 0.25) is 5.02 Å². The molecule has 0 spiro atoms. The van der Waals surface area contributed by atoms with Crippen molar-refractivity contribution in [1.82, 2.24) is 15.0 Å². The molecular weight excluding hydrogens is 364 g/mol. The van der Waals surface area contributed by atoms with Gasteiger partial charge in [0.1, 0.15) is 6.04 Å². The quantitative estimate of drug-likeness (QED) is 0.680. The number of likely N-dealkylation sites (tertiary alicyclic amines) is 1. The minimum Gasteiger partial charge on any atom is -0.337 e. The molecule has 138 valence electrons. The number of carbonyl (C=O) groups is 1. The summed E-state index contributed by atoms with van der Waals surface area (Å²) in [6.07, 6.45) is 2.74. The summed E-state index contributed by atoms with van der Waals surface area (Å²) >= 11 is 6.00. The fourth-order valence-corrected chi connectivity index (χ4v) is 3.46. The Morgan fingerprint density at radius 2 is 2.00 bits per heavy atom.